The van der Waals surface area contributed by atoms with Crippen LogP contribution in [0, 0.1) is 6.92 Å². The lowest BCUT2D eigenvalue weighted by atomic mass is 10.1. The maximum atomic E-state index is 12.5. The molecule has 26 heavy (non-hydrogen) atoms. The fraction of sp³-hybridized carbons (Fsp3) is 0.750. The SMILES string of the molecule is Cc1cn([C@@]2([Si](C)C)C[C@H](OC(C)(C)C)[C@@H](CN=[N+]=[N-])O2)c(=O)[nH]c1=O. The highest BCUT2D eigenvalue weighted by Gasteiger charge is 2.52. The van der Waals surface area contributed by atoms with Gasteiger partial charge in [-0.15, -0.1) is 0 Å². The maximum Gasteiger partial charge on any atom is 0.330 e. The van der Waals surface area contributed by atoms with E-state index in [-0.39, 0.29) is 12.6 Å². The van der Waals surface area contributed by atoms with Crippen molar-refractivity contribution in [3.05, 3.63) is 43.0 Å². The van der Waals surface area contributed by atoms with Crippen LogP contribution in [0.1, 0.15) is 32.8 Å². The molecule has 1 radical (unpaired) electrons. The smallest absolute Gasteiger partial charge is 0.330 e. The quantitative estimate of drug-likeness (QED) is 0.363. The summed E-state index contributed by atoms with van der Waals surface area (Å²) in [5, 5.41) is 2.75. The number of hydrogen-bond acceptors (Lipinski definition) is 5. The fourth-order valence-electron chi connectivity index (χ4n) is 3.18. The van der Waals surface area contributed by atoms with Crippen LogP contribution in [0.5, 0.6) is 0 Å². The largest absolute Gasteiger partial charge is 0.370 e. The molecule has 9 nitrogen and oxygen atoms in total. The molecule has 0 amide bonds. The number of nitrogens with zero attached hydrogens (tertiary/aromatic N) is 4. The molecule has 1 aliphatic heterocycles. The van der Waals surface area contributed by atoms with Crippen molar-refractivity contribution < 1.29 is 9.47 Å². The number of aromatic nitrogens is 2. The number of hydrogen-bond donors (Lipinski definition) is 1. The molecule has 2 heterocycles. The van der Waals surface area contributed by atoms with Crippen molar-refractivity contribution in [3.63, 3.8) is 0 Å². The first-order valence-corrected chi connectivity index (χ1v) is 11.0. The van der Waals surface area contributed by atoms with E-state index in [2.05, 4.69) is 15.0 Å². The van der Waals surface area contributed by atoms with Gasteiger partial charge in [-0.25, -0.2) is 4.79 Å². The second-order valence-electron chi connectivity index (χ2n) is 7.77. The summed E-state index contributed by atoms with van der Waals surface area (Å²) in [4.78, 5) is 29.5. The van der Waals surface area contributed by atoms with E-state index in [4.69, 9.17) is 15.0 Å². The molecule has 1 fully saturated rings. The summed E-state index contributed by atoms with van der Waals surface area (Å²) in [7, 11) is -1.22. The Kier molecular flexibility index (Phi) is 5.81. The molecule has 0 spiro atoms. The Morgan fingerprint density at radius 2 is 2.15 bits per heavy atom. The van der Waals surface area contributed by atoms with Crippen LogP contribution in [0.2, 0.25) is 13.1 Å². The van der Waals surface area contributed by atoms with Crippen molar-refractivity contribution in [2.45, 2.75) is 70.4 Å². The lowest BCUT2D eigenvalue weighted by molar-refractivity contribution is -0.0959. The van der Waals surface area contributed by atoms with E-state index in [1.807, 2.05) is 33.9 Å². The third-order valence-electron chi connectivity index (χ3n) is 4.36. The third-order valence-corrected chi connectivity index (χ3v) is 6.48. The van der Waals surface area contributed by atoms with Crippen LogP contribution in [0.4, 0.5) is 0 Å². The summed E-state index contributed by atoms with van der Waals surface area (Å²) in [5.74, 6) is 0. The molecule has 2 rings (SSSR count). The van der Waals surface area contributed by atoms with Gasteiger partial charge in [0.2, 0.25) is 0 Å². The third kappa shape index (κ3) is 4.09. The normalized spacial score (nSPS) is 26.1. The van der Waals surface area contributed by atoms with E-state index in [0.717, 1.165) is 0 Å². The van der Waals surface area contributed by atoms with Gasteiger partial charge in [-0.3, -0.25) is 14.3 Å². The second kappa shape index (κ2) is 7.40. The molecule has 0 bridgehead atoms. The average Bonchev–Trinajstić information content (AvgIpc) is 2.86. The van der Waals surface area contributed by atoms with E-state index in [9.17, 15) is 9.59 Å². The van der Waals surface area contributed by atoms with E-state index < -0.39 is 37.1 Å². The predicted molar refractivity (Wildman–Crippen MR) is 99.6 cm³/mol. The van der Waals surface area contributed by atoms with Gasteiger partial charge in [0.25, 0.3) is 5.56 Å². The van der Waals surface area contributed by atoms with Gasteiger partial charge in [0, 0.05) is 23.1 Å². The zero-order valence-corrected chi connectivity index (χ0v) is 17.1. The lowest BCUT2D eigenvalue weighted by Crippen LogP contribution is -2.52. The van der Waals surface area contributed by atoms with Gasteiger partial charge in [0.05, 0.1) is 24.4 Å². The Hall–Kier alpha value is -1.87. The van der Waals surface area contributed by atoms with Crippen LogP contribution in [-0.2, 0) is 14.8 Å². The maximum absolute atomic E-state index is 12.5. The number of rotatable bonds is 5. The minimum atomic E-state index is -1.22. The van der Waals surface area contributed by atoms with Crippen LogP contribution >= 0.6 is 0 Å². The second-order valence-corrected chi connectivity index (χ2v) is 10.5. The van der Waals surface area contributed by atoms with Gasteiger partial charge >= 0.3 is 5.69 Å². The molecule has 143 valence electrons. The molecule has 3 atom stereocenters. The first kappa shape index (κ1) is 20.4. The Morgan fingerprint density at radius 3 is 2.69 bits per heavy atom. The number of nitrogens with one attached hydrogen (secondary N) is 1. The van der Waals surface area contributed by atoms with Crippen LogP contribution < -0.4 is 11.2 Å². The molecule has 1 aromatic heterocycles. The van der Waals surface area contributed by atoms with Crippen LogP contribution in [-0.4, -0.2) is 42.7 Å². The fourth-order valence-corrected chi connectivity index (χ4v) is 4.82. The lowest BCUT2D eigenvalue weighted by Gasteiger charge is -2.34. The molecular weight excluding hydrogens is 354 g/mol. The van der Waals surface area contributed by atoms with Crippen molar-refractivity contribution in [2.75, 3.05) is 6.54 Å². The van der Waals surface area contributed by atoms with Crippen molar-refractivity contribution in [1.29, 1.82) is 0 Å². The van der Waals surface area contributed by atoms with E-state index in [1.54, 1.807) is 13.1 Å². The van der Waals surface area contributed by atoms with E-state index >= 15 is 0 Å². The highest BCUT2D eigenvalue weighted by Crippen LogP contribution is 2.39. The van der Waals surface area contributed by atoms with Gasteiger partial charge in [-0.2, -0.15) is 0 Å². The van der Waals surface area contributed by atoms with Crippen molar-refractivity contribution in [2.24, 2.45) is 5.11 Å². The number of azide groups is 1. The molecular formula is C16H26N5O4Si. The Bertz CT molecular complexity index is 821. The Morgan fingerprint density at radius 1 is 1.50 bits per heavy atom. The first-order chi connectivity index (χ1) is 12.0. The average molecular weight is 381 g/mol. The summed E-state index contributed by atoms with van der Waals surface area (Å²) in [5.41, 5.74) is 7.78. The zero-order chi connectivity index (χ0) is 19.7. The van der Waals surface area contributed by atoms with Gasteiger partial charge in [-0.05, 0) is 33.2 Å². The molecule has 1 saturated heterocycles. The monoisotopic (exact) mass is 380 g/mol. The van der Waals surface area contributed by atoms with Gasteiger partial charge in [0.15, 0.2) is 0 Å². The first-order valence-electron chi connectivity index (χ1n) is 8.50. The van der Waals surface area contributed by atoms with Gasteiger partial charge in [-0.1, -0.05) is 18.2 Å². The molecule has 0 saturated carbocycles. The summed E-state index contributed by atoms with van der Waals surface area (Å²) < 4.78 is 14.0. The summed E-state index contributed by atoms with van der Waals surface area (Å²) >= 11 is 0. The summed E-state index contributed by atoms with van der Waals surface area (Å²) in [6, 6.07) is 0. The van der Waals surface area contributed by atoms with Crippen LogP contribution in [0.25, 0.3) is 10.4 Å². The van der Waals surface area contributed by atoms with Crippen molar-refractivity contribution in [1.82, 2.24) is 9.55 Å². The molecule has 1 N–H and O–H groups in total. The van der Waals surface area contributed by atoms with Gasteiger partial charge < -0.3 is 9.47 Å². The van der Waals surface area contributed by atoms with Crippen LogP contribution in [0.15, 0.2) is 20.9 Å². The Balaban J connectivity index is 2.54. The topological polar surface area (TPSA) is 122 Å². The van der Waals surface area contributed by atoms with E-state index in [0.29, 0.717) is 12.0 Å². The van der Waals surface area contributed by atoms with Crippen molar-refractivity contribution in [3.8, 4) is 0 Å². The highest BCUT2D eigenvalue weighted by molar-refractivity contribution is 6.58. The number of ether oxygens (including phenoxy) is 2. The molecule has 1 aromatic rings. The minimum Gasteiger partial charge on any atom is -0.370 e. The number of aryl methyl sites for hydroxylation is 1. The van der Waals surface area contributed by atoms with Crippen molar-refractivity contribution >= 4 is 8.80 Å². The molecule has 0 unspecified atom stereocenters. The minimum absolute atomic E-state index is 0.116. The predicted octanol–water partition coefficient (Wildman–Crippen LogP) is 2.07. The van der Waals surface area contributed by atoms with Crippen LogP contribution in [0.3, 0.4) is 0 Å². The molecule has 0 aromatic carbocycles. The summed E-state index contributed by atoms with van der Waals surface area (Å²) in [6.07, 6.45) is 1.19. The van der Waals surface area contributed by atoms with E-state index in [1.165, 1.54) is 4.57 Å². The van der Waals surface area contributed by atoms with Gasteiger partial charge in [0.1, 0.15) is 14.1 Å². The highest BCUT2D eigenvalue weighted by atomic mass is 28.3. The Labute approximate surface area is 153 Å². The molecule has 1 aliphatic rings. The standard InChI is InChI=1S/C16H26N5O4Si/c1-10-9-21(14(23)19-13(10)22)16(26(5)6)7-11(24-15(2,3)4)12(25-16)8-18-20-17/h9,11-12H,7-8H2,1-6H3,(H,19,22,23)/t11-,12+,16-/m0/s1. The number of aromatic amines is 1. The zero-order valence-electron chi connectivity index (χ0n) is 16.1. The number of H-pyrrole nitrogens is 1. The summed E-state index contributed by atoms with van der Waals surface area (Å²) in [6.45, 7) is 11.7. The molecule has 10 heteroatoms. The molecule has 0 aliphatic carbocycles.